The van der Waals surface area contributed by atoms with Gasteiger partial charge in [0.2, 0.25) is 0 Å². The fraction of sp³-hybridized carbons (Fsp3) is 1.00. The molecule has 6 nitrogen and oxygen atoms in total. The van der Waals surface area contributed by atoms with Crippen LogP contribution in [-0.2, 0) is 14.9 Å². The molecule has 0 aliphatic carbocycles. The van der Waals surface area contributed by atoms with Crippen LogP contribution in [0.1, 0.15) is 13.3 Å². The minimum absolute atomic E-state index is 0.102. The highest BCUT2D eigenvalue weighted by Gasteiger charge is 2.21. The molecule has 0 saturated heterocycles. The SMILES string of the molecule is COCCNS(=O)(=O)N(C)C(C)CCN. The first kappa shape index (κ1) is 14.8. The molecule has 0 amide bonds. The molecule has 0 fully saturated rings. The number of hydrogen-bond donors (Lipinski definition) is 2. The third-order valence-electron chi connectivity index (χ3n) is 2.17. The van der Waals surface area contributed by atoms with Crippen molar-refractivity contribution in [3.63, 3.8) is 0 Å². The molecule has 0 spiro atoms. The van der Waals surface area contributed by atoms with Crippen LogP contribution in [0.25, 0.3) is 0 Å². The van der Waals surface area contributed by atoms with Crippen LogP contribution >= 0.6 is 0 Å². The summed E-state index contributed by atoms with van der Waals surface area (Å²) in [7, 11) is -0.346. The Morgan fingerprint density at radius 2 is 2.13 bits per heavy atom. The number of nitrogens with two attached hydrogens (primary N) is 1. The third-order valence-corrected chi connectivity index (χ3v) is 3.86. The Labute approximate surface area is 92.0 Å². The smallest absolute Gasteiger partial charge is 0.279 e. The molecule has 0 aromatic rings. The second-order valence-corrected chi connectivity index (χ2v) is 5.15. The normalized spacial score (nSPS) is 14.5. The summed E-state index contributed by atoms with van der Waals surface area (Å²) < 4.78 is 31.8. The van der Waals surface area contributed by atoms with E-state index in [-0.39, 0.29) is 12.6 Å². The van der Waals surface area contributed by atoms with Crippen molar-refractivity contribution in [3.8, 4) is 0 Å². The topological polar surface area (TPSA) is 84.7 Å². The van der Waals surface area contributed by atoms with Crippen molar-refractivity contribution >= 4 is 10.2 Å². The van der Waals surface area contributed by atoms with Crippen LogP contribution in [0.4, 0.5) is 0 Å². The third kappa shape index (κ3) is 5.43. The zero-order valence-corrected chi connectivity index (χ0v) is 10.4. The van der Waals surface area contributed by atoms with Gasteiger partial charge in [-0.05, 0) is 19.9 Å². The fourth-order valence-electron chi connectivity index (χ4n) is 1.03. The molecule has 7 heteroatoms. The number of ether oxygens (including phenoxy) is 1. The van der Waals surface area contributed by atoms with Gasteiger partial charge < -0.3 is 10.5 Å². The Balaban J connectivity index is 4.19. The van der Waals surface area contributed by atoms with Crippen molar-refractivity contribution < 1.29 is 13.2 Å². The van der Waals surface area contributed by atoms with E-state index in [9.17, 15) is 8.42 Å². The molecule has 0 saturated carbocycles. The van der Waals surface area contributed by atoms with Crippen molar-refractivity contribution in [1.29, 1.82) is 0 Å². The predicted octanol–water partition coefficient (Wildman–Crippen LogP) is -0.864. The Hall–Kier alpha value is -0.210. The maximum Gasteiger partial charge on any atom is 0.279 e. The molecule has 0 rings (SSSR count). The highest BCUT2D eigenvalue weighted by Crippen LogP contribution is 2.04. The molecule has 0 aliphatic rings. The van der Waals surface area contributed by atoms with E-state index >= 15 is 0 Å². The largest absolute Gasteiger partial charge is 0.383 e. The standard InChI is InChI=1S/C8H21N3O3S/c1-8(4-5-9)11(2)15(12,13)10-6-7-14-3/h8,10H,4-7,9H2,1-3H3. The number of rotatable bonds is 8. The monoisotopic (exact) mass is 239 g/mol. The number of nitrogens with zero attached hydrogens (tertiary/aromatic N) is 1. The van der Waals surface area contributed by atoms with Crippen LogP contribution in [0.15, 0.2) is 0 Å². The first-order chi connectivity index (χ1) is 6.95. The lowest BCUT2D eigenvalue weighted by atomic mass is 10.2. The molecule has 1 unspecified atom stereocenters. The van der Waals surface area contributed by atoms with E-state index in [1.165, 1.54) is 18.5 Å². The van der Waals surface area contributed by atoms with Crippen molar-refractivity contribution in [2.75, 3.05) is 33.9 Å². The summed E-state index contributed by atoms with van der Waals surface area (Å²) in [6, 6.07) is -0.102. The van der Waals surface area contributed by atoms with Crippen molar-refractivity contribution in [1.82, 2.24) is 9.03 Å². The van der Waals surface area contributed by atoms with E-state index in [4.69, 9.17) is 10.5 Å². The molecule has 0 aromatic heterocycles. The molecular weight excluding hydrogens is 218 g/mol. The Kier molecular flexibility index (Phi) is 7.03. The van der Waals surface area contributed by atoms with Gasteiger partial charge in [-0.2, -0.15) is 17.4 Å². The lowest BCUT2D eigenvalue weighted by Gasteiger charge is -2.23. The Morgan fingerprint density at radius 1 is 1.53 bits per heavy atom. The van der Waals surface area contributed by atoms with Gasteiger partial charge in [-0.25, -0.2) is 0 Å². The van der Waals surface area contributed by atoms with Crippen molar-refractivity contribution in [2.45, 2.75) is 19.4 Å². The highest BCUT2D eigenvalue weighted by molar-refractivity contribution is 7.87. The quantitative estimate of drug-likeness (QED) is 0.540. The molecule has 3 N–H and O–H groups in total. The van der Waals surface area contributed by atoms with Crippen LogP contribution in [0.2, 0.25) is 0 Å². The van der Waals surface area contributed by atoms with Crippen LogP contribution in [0.5, 0.6) is 0 Å². The molecule has 0 heterocycles. The lowest BCUT2D eigenvalue weighted by molar-refractivity contribution is 0.203. The van der Waals surface area contributed by atoms with Gasteiger partial charge in [-0.15, -0.1) is 0 Å². The minimum atomic E-state index is -3.41. The highest BCUT2D eigenvalue weighted by atomic mass is 32.2. The number of nitrogens with one attached hydrogen (secondary N) is 1. The summed E-state index contributed by atoms with van der Waals surface area (Å²) in [4.78, 5) is 0. The van der Waals surface area contributed by atoms with Crippen LogP contribution in [0.3, 0.4) is 0 Å². The average molecular weight is 239 g/mol. The Morgan fingerprint density at radius 3 is 2.60 bits per heavy atom. The van der Waals surface area contributed by atoms with E-state index in [1.807, 2.05) is 6.92 Å². The van der Waals surface area contributed by atoms with E-state index in [0.29, 0.717) is 19.6 Å². The second kappa shape index (κ2) is 7.13. The minimum Gasteiger partial charge on any atom is -0.383 e. The maximum atomic E-state index is 11.6. The van der Waals surface area contributed by atoms with Gasteiger partial charge in [0.05, 0.1) is 6.61 Å². The summed E-state index contributed by atoms with van der Waals surface area (Å²) in [6.07, 6.45) is 0.641. The predicted molar refractivity (Wildman–Crippen MR) is 59.7 cm³/mol. The van der Waals surface area contributed by atoms with E-state index in [1.54, 1.807) is 0 Å². The first-order valence-corrected chi connectivity index (χ1v) is 6.31. The lowest BCUT2D eigenvalue weighted by Crippen LogP contribution is -2.44. The summed E-state index contributed by atoms with van der Waals surface area (Å²) in [5, 5.41) is 0. The molecule has 1 atom stereocenters. The van der Waals surface area contributed by atoms with E-state index in [0.717, 1.165) is 0 Å². The second-order valence-electron chi connectivity index (χ2n) is 3.33. The molecule has 0 radical (unpaired) electrons. The van der Waals surface area contributed by atoms with Gasteiger partial charge in [0.1, 0.15) is 0 Å². The molecule has 0 bridgehead atoms. The molecule has 0 aliphatic heterocycles. The van der Waals surface area contributed by atoms with Crippen molar-refractivity contribution in [2.24, 2.45) is 5.73 Å². The van der Waals surface area contributed by atoms with E-state index < -0.39 is 10.2 Å². The zero-order valence-electron chi connectivity index (χ0n) is 9.56. The number of methoxy groups -OCH3 is 1. The summed E-state index contributed by atoms with van der Waals surface area (Å²) >= 11 is 0. The van der Waals surface area contributed by atoms with Gasteiger partial charge in [0, 0.05) is 26.7 Å². The van der Waals surface area contributed by atoms with Crippen molar-refractivity contribution in [3.05, 3.63) is 0 Å². The molecule has 15 heavy (non-hydrogen) atoms. The van der Waals surface area contributed by atoms with Gasteiger partial charge in [0.15, 0.2) is 0 Å². The average Bonchev–Trinajstić information content (AvgIpc) is 2.17. The van der Waals surface area contributed by atoms with Gasteiger partial charge in [-0.3, -0.25) is 0 Å². The van der Waals surface area contributed by atoms with Crippen LogP contribution in [-0.4, -0.2) is 52.6 Å². The molecule has 92 valence electrons. The summed E-state index contributed by atoms with van der Waals surface area (Å²) in [5.74, 6) is 0. The van der Waals surface area contributed by atoms with Crippen LogP contribution in [0, 0.1) is 0 Å². The summed E-state index contributed by atoms with van der Waals surface area (Å²) in [5.41, 5.74) is 5.37. The first-order valence-electron chi connectivity index (χ1n) is 4.87. The Bertz CT molecular complexity index is 256. The van der Waals surface area contributed by atoms with E-state index in [2.05, 4.69) is 4.72 Å². The molecular formula is C8H21N3O3S. The molecule has 0 aromatic carbocycles. The van der Waals surface area contributed by atoms with Crippen LogP contribution < -0.4 is 10.5 Å². The van der Waals surface area contributed by atoms with Gasteiger partial charge >= 0.3 is 0 Å². The van der Waals surface area contributed by atoms with Gasteiger partial charge in [0.25, 0.3) is 10.2 Å². The van der Waals surface area contributed by atoms with Gasteiger partial charge in [-0.1, -0.05) is 0 Å². The number of hydrogen-bond acceptors (Lipinski definition) is 4. The summed E-state index contributed by atoms with van der Waals surface area (Å²) in [6.45, 7) is 2.93. The maximum absolute atomic E-state index is 11.6. The zero-order chi connectivity index (χ0) is 11.9. The fourth-order valence-corrected chi connectivity index (χ4v) is 2.16.